The lowest BCUT2D eigenvalue weighted by Gasteiger charge is -2.05. The van der Waals surface area contributed by atoms with Crippen molar-refractivity contribution in [3.05, 3.63) is 48.0 Å². The molecule has 2 aromatic heterocycles. The van der Waals surface area contributed by atoms with Crippen molar-refractivity contribution in [2.45, 2.75) is 19.4 Å². The van der Waals surface area contributed by atoms with E-state index in [1.54, 1.807) is 24.8 Å². The summed E-state index contributed by atoms with van der Waals surface area (Å²) in [5, 5.41) is 2.86. The van der Waals surface area contributed by atoms with Crippen LogP contribution in [0, 0.1) is 0 Å². The van der Waals surface area contributed by atoms with Gasteiger partial charge in [-0.3, -0.25) is 9.78 Å². The van der Waals surface area contributed by atoms with E-state index < -0.39 is 0 Å². The lowest BCUT2D eigenvalue weighted by molar-refractivity contribution is -0.121. The molecule has 6 nitrogen and oxygen atoms in total. The molecule has 0 radical (unpaired) electrons. The SMILES string of the molecule is COc1ncc(CCC(=O)NCc2ccncc2)cn1. The monoisotopic (exact) mass is 272 g/mol. The van der Waals surface area contributed by atoms with Crippen LogP contribution in [0.1, 0.15) is 17.5 Å². The minimum Gasteiger partial charge on any atom is -0.467 e. The number of aryl methyl sites for hydroxylation is 1. The molecule has 104 valence electrons. The van der Waals surface area contributed by atoms with Gasteiger partial charge in [-0.15, -0.1) is 0 Å². The van der Waals surface area contributed by atoms with E-state index >= 15 is 0 Å². The average molecular weight is 272 g/mol. The molecule has 20 heavy (non-hydrogen) atoms. The summed E-state index contributed by atoms with van der Waals surface area (Å²) in [4.78, 5) is 23.6. The first-order valence-electron chi connectivity index (χ1n) is 6.28. The van der Waals surface area contributed by atoms with Gasteiger partial charge < -0.3 is 10.1 Å². The van der Waals surface area contributed by atoms with Crippen molar-refractivity contribution < 1.29 is 9.53 Å². The van der Waals surface area contributed by atoms with Crippen molar-refractivity contribution >= 4 is 5.91 Å². The van der Waals surface area contributed by atoms with E-state index in [2.05, 4.69) is 20.3 Å². The number of amides is 1. The molecule has 0 bridgehead atoms. The molecule has 2 rings (SSSR count). The van der Waals surface area contributed by atoms with E-state index in [-0.39, 0.29) is 5.91 Å². The maximum absolute atomic E-state index is 11.7. The van der Waals surface area contributed by atoms with Crippen LogP contribution in [0.15, 0.2) is 36.9 Å². The van der Waals surface area contributed by atoms with Gasteiger partial charge in [0, 0.05) is 37.8 Å². The van der Waals surface area contributed by atoms with Crippen LogP contribution in [0.4, 0.5) is 0 Å². The van der Waals surface area contributed by atoms with Crippen molar-refractivity contribution in [3.8, 4) is 6.01 Å². The Balaban J connectivity index is 1.74. The van der Waals surface area contributed by atoms with Crippen LogP contribution in [0.3, 0.4) is 0 Å². The number of hydrogen-bond donors (Lipinski definition) is 1. The van der Waals surface area contributed by atoms with Gasteiger partial charge in [0.2, 0.25) is 5.91 Å². The minimum absolute atomic E-state index is 0.00219. The number of carbonyl (C=O) groups is 1. The molecule has 0 aromatic carbocycles. The van der Waals surface area contributed by atoms with Gasteiger partial charge in [-0.1, -0.05) is 0 Å². The number of hydrogen-bond acceptors (Lipinski definition) is 5. The van der Waals surface area contributed by atoms with Crippen LogP contribution in [-0.2, 0) is 17.8 Å². The van der Waals surface area contributed by atoms with Gasteiger partial charge in [0.25, 0.3) is 0 Å². The molecule has 0 aliphatic rings. The van der Waals surface area contributed by atoms with Crippen LogP contribution in [0.25, 0.3) is 0 Å². The topological polar surface area (TPSA) is 77.0 Å². The Kier molecular flexibility index (Phi) is 5.00. The van der Waals surface area contributed by atoms with Gasteiger partial charge in [0.15, 0.2) is 0 Å². The molecular weight excluding hydrogens is 256 g/mol. The first-order valence-corrected chi connectivity index (χ1v) is 6.28. The molecule has 2 heterocycles. The summed E-state index contributed by atoms with van der Waals surface area (Å²) < 4.78 is 4.88. The zero-order chi connectivity index (χ0) is 14.2. The Morgan fingerprint density at radius 2 is 1.90 bits per heavy atom. The number of carbonyl (C=O) groups excluding carboxylic acids is 1. The van der Waals surface area contributed by atoms with Crippen LogP contribution in [0.5, 0.6) is 6.01 Å². The number of pyridine rings is 1. The standard InChI is InChI=1S/C14H16N4O2/c1-20-14-17-9-12(10-18-14)2-3-13(19)16-8-11-4-6-15-7-5-11/h4-7,9-10H,2-3,8H2,1H3,(H,16,19). The number of rotatable bonds is 6. The van der Waals surface area contributed by atoms with Gasteiger partial charge in [-0.2, -0.15) is 0 Å². The molecule has 6 heteroatoms. The molecule has 0 aliphatic heterocycles. The van der Waals surface area contributed by atoms with E-state index in [1.807, 2.05) is 12.1 Å². The Morgan fingerprint density at radius 3 is 2.55 bits per heavy atom. The van der Waals surface area contributed by atoms with Crippen LogP contribution in [0.2, 0.25) is 0 Å². The predicted octanol–water partition coefficient (Wildman–Crippen LogP) is 1.13. The zero-order valence-electron chi connectivity index (χ0n) is 11.2. The number of ether oxygens (including phenoxy) is 1. The number of methoxy groups -OCH3 is 1. The van der Waals surface area contributed by atoms with Crippen LogP contribution >= 0.6 is 0 Å². The third-order valence-corrected chi connectivity index (χ3v) is 2.74. The van der Waals surface area contributed by atoms with E-state index in [0.29, 0.717) is 25.4 Å². The van der Waals surface area contributed by atoms with E-state index in [0.717, 1.165) is 11.1 Å². The summed E-state index contributed by atoms with van der Waals surface area (Å²) in [6, 6.07) is 4.07. The highest BCUT2D eigenvalue weighted by atomic mass is 16.5. The highest BCUT2D eigenvalue weighted by Crippen LogP contribution is 2.04. The second-order valence-electron chi connectivity index (χ2n) is 4.21. The molecule has 0 saturated heterocycles. The molecular formula is C14H16N4O2. The number of aromatic nitrogens is 3. The number of nitrogens with one attached hydrogen (secondary N) is 1. The molecule has 2 aromatic rings. The third kappa shape index (κ3) is 4.31. The van der Waals surface area contributed by atoms with E-state index in [1.165, 1.54) is 7.11 Å². The fourth-order valence-corrected chi connectivity index (χ4v) is 1.62. The predicted molar refractivity (Wildman–Crippen MR) is 73.0 cm³/mol. The molecule has 0 saturated carbocycles. The minimum atomic E-state index is -0.00219. The maximum Gasteiger partial charge on any atom is 0.316 e. The summed E-state index contributed by atoms with van der Waals surface area (Å²) >= 11 is 0. The van der Waals surface area contributed by atoms with Crippen molar-refractivity contribution in [3.63, 3.8) is 0 Å². The van der Waals surface area contributed by atoms with Crippen molar-refractivity contribution in [1.29, 1.82) is 0 Å². The highest BCUT2D eigenvalue weighted by molar-refractivity contribution is 5.76. The van der Waals surface area contributed by atoms with Crippen molar-refractivity contribution in [2.75, 3.05) is 7.11 Å². The molecule has 0 spiro atoms. The fourth-order valence-electron chi connectivity index (χ4n) is 1.62. The first kappa shape index (κ1) is 13.9. The Hall–Kier alpha value is -2.50. The third-order valence-electron chi connectivity index (χ3n) is 2.74. The van der Waals surface area contributed by atoms with E-state index in [9.17, 15) is 4.79 Å². The van der Waals surface area contributed by atoms with Crippen LogP contribution in [-0.4, -0.2) is 28.0 Å². The first-order chi connectivity index (χ1) is 9.78. The lowest BCUT2D eigenvalue weighted by atomic mass is 10.2. The molecule has 0 unspecified atom stereocenters. The zero-order valence-corrected chi connectivity index (χ0v) is 11.2. The largest absolute Gasteiger partial charge is 0.467 e. The average Bonchev–Trinajstić information content (AvgIpc) is 2.52. The Labute approximate surface area is 117 Å². The molecule has 1 amide bonds. The molecule has 1 N–H and O–H groups in total. The maximum atomic E-state index is 11.7. The summed E-state index contributed by atoms with van der Waals surface area (Å²) in [5.74, 6) is -0.00219. The summed E-state index contributed by atoms with van der Waals surface area (Å²) in [6.07, 6.45) is 7.75. The Bertz CT molecular complexity index is 543. The summed E-state index contributed by atoms with van der Waals surface area (Å²) in [7, 11) is 1.52. The number of nitrogens with zero attached hydrogens (tertiary/aromatic N) is 3. The molecule has 0 aliphatic carbocycles. The lowest BCUT2D eigenvalue weighted by Crippen LogP contribution is -2.23. The quantitative estimate of drug-likeness (QED) is 0.853. The van der Waals surface area contributed by atoms with Gasteiger partial charge >= 0.3 is 6.01 Å². The van der Waals surface area contributed by atoms with Gasteiger partial charge in [-0.05, 0) is 29.7 Å². The van der Waals surface area contributed by atoms with Crippen molar-refractivity contribution in [1.82, 2.24) is 20.3 Å². The van der Waals surface area contributed by atoms with Gasteiger partial charge in [0.1, 0.15) is 0 Å². The molecule has 0 atom stereocenters. The van der Waals surface area contributed by atoms with Crippen molar-refractivity contribution in [2.24, 2.45) is 0 Å². The second kappa shape index (κ2) is 7.18. The molecule has 0 fully saturated rings. The fraction of sp³-hybridized carbons (Fsp3) is 0.286. The van der Waals surface area contributed by atoms with E-state index in [4.69, 9.17) is 4.74 Å². The smallest absolute Gasteiger partial charge is 0.316 e. The van der Waals surface area contributed by atoms with Gasteiger partial charge in [0.05, 0.1) is 7.11 Å². The summed E-state index contributed by atoms with van der Waals surface area (Å²) in [5.41, 5.74) is 1.94. The highest BCUT2D eigenvalue weighted by Gasteiger charge is 2.03. The van der Waals surface area contributed by atoms with Gasteiger partial charge in [-0.25, -0.2) is 9.97 Å². The Morgan fingerprint density at radius 1 is 1.20 bits per heavy atom. The second-order valence-corrected chi connectivity index (χ2v) is 4.21. The normalized spacial score (nSPS) is 10.1. The van der Waals surface area contributed by atoms with Crippen LogP contribution < -0.4 is 10.1 Å². The summed E-state index contributed by atoms with van der Waals surface area (Å²) in [6.45, 7) is 0.514.